The van der Waals surface area contributed by atoms with E-state index in [0.717, 1.165) is 5.56 Å². The van der Waals surface area contributed by atoms with Crippen LogP contribution in [0.3, 0.4) is 0 Å². The molecule has 5 rings (SSSR count). The SMILES string of the molecule is CC(=O)Oc1ccc(C2Oc3nc(SCc4ccccc4Cl)nnc3-c3ccccc3N2C(C)=O)cc1Br. The predicted octanol–water partition coefficient (Wildman–Crippen LogP) is 6.62. The number of anilines is 1. The van der Waals surface area contributed by atoms with Gasteiger partial charge in [0.15, 0.2) is 5.69 Å². The first-order valence-electron chi connectivity index (χ1n) is 11.5. The largest absolute Gasteiger partial charge is 0.447 e. The van der Waals surface area contributed by atoms with Crippen molar-refractivity contribution in [2.24, 2.45) is 0 Å². The van der Waals surface area contributed by atoms with Gasteiger partial charge in [0, 0.05) is 35.7 Å². The Kier molecular flexibility index (Phi) is 7.64. The monoisotopic (exact) mass is 610 g/mol. The topological polar surface area (TPSA) is 94.5 Å². The summed E-state index contributed by atoms with van der Waals surface area (Å²) >= 11 is 11.1. The molecule has 0 N–H and O–H groups in total. The fourth-order valence-electron chi connectivity index (χ4n) is 4.00. The highest BCUT2D eigenvalue weighted by Crippen LogP contribution is 2.44. The molecule has 1 amide bonds. The molecule has 1 unspecified atom stereocenters. The third kappa shape index (κ3) is 5.38. The van der Waals surface area contributed by atoms with E-state index in [1.165, 1.54) is 25.6 Å². The summed E-state index contributed by atoms with van der Waals surface area (Å²) in [5.74, 6) is 0.457. The number of hydrogen-bond acceptors (Lipinski definition) is 8. The van der Waals surface area contributed by atoms with Gasteiger partial charge in [-0.3, -0.25) is 14.5 Å². The Hall–Kier alpha value is -3.47. The van der Waals surface area contributed by atoms with Crippen LogP contribution in [-0.4, -0.2) is 27.1 Å². The van der Waals surface area contributed by atoms with Gasteiger partial charge in [-0.05, 0) is 51.8 Å². The lowest BCUT2D eigenvalue weighted by molar-refractivity contribution is -0.132. The highest BCUT2D eigenvalue weighted by molar-refractivity contribution is 9.10. The van der Waals surface area contributed by atoms with Crippen molar-refractivity contribution in [3.05, 3.63) is 87.4 Å². The van der Waals surface area contributed by atoms with Gasteiger partial charge in [0.25, 0.3) is 0 Å². The van der Waals surface area contributed by atoms with Crippen LogP contribution in [0, 0.1) is 0 Å². The number of esters is 1. The van der Waals surface area contributed by atoms with Crippen LogP contribution in [0.5, 0.6) is 11.6 Å². The average Bonchev–Trinajstić information content (AvgIpc) is 3.03. The first-order valence-corrected chi connectivity index (χ1v) is 13.6. The molecule has 1 atom stereocenters. The Labute approximate surface area is 236 Å². The van der Waals surface area contributed by atoms with E-state index in [4.69, 9.17) is 21.1 Å². The Balaban J connectivity index is 1.57. The van der Waals surface area contributed by atoms with Gasteiger partial charge in [-0.15, -0.1) is 10.2 Å². The first kappa shape index (κ1) is 26.1. The summed E-state index contributed by atoms with van der Waals surface area (Å²) in [7, 11) is 0. The number of aromatic nitrogens is 3. The molecule has 0 spiro atoms. The van der Waals surface area contributed by atoms with Crippen molar-refractivity contribution in [2.45, 2.75) is 31.0 Å². The van der Waals surface area contributed by atoms with Crippen molar-refractivity contribution in [2.75, 3.05) is 4.90 Å². The van der Waals surface area contributed by atoms with E-state index >= 15 is 0 Å². The van der Waals surface area contributed by atoms with Crippen LogP contribution in [0.15, 0.2) is 76.4 Å². The van der Waals surface area contributed by atoms with Gasteiger partial charge in [0.2, 0.25) is 23.2 Å². The number of carbonyl (C=O) groups excluding carboxylic acids is 2. The van der Waals surface area contributed by atoms with E-state index in [1.807, 2.05) is 48.5 Å². The molecule has 2 heterocycles. The average molecular weight is 612 g/mol. The van der Waals surface area contributed by atoms with Crippen LogP contribution in [-0.2, 0) is 15.3 Å². The third-order valence-corrected chi connectivity index (χ3v) is 7.54. The molecular weight excluding hydrogens is 592 g/mol. The molecule has 192 valence electrons. The molecule has 38 heavy (non-hydrogen) atoms. The van der Waals surface area contributed by atoms with Crippen molar-refractivity contribution < 1.29 is 19.1 Å². The van der Waals surface area contributed by atoms with Gasteiger partial charge in [-0.1, -0.05) is 59.8 Å². The number of halogens is 2. The van der Waals surface area contributed by atoms with Gasteiger partial charge in [0.05, 0.1) is 10.2 Å². The highest BCUT2D eigenvalue weighted by Gasteiger charge is 2.35. The zero-order valence-electron chi connectivity index (χ0n) is 20.2. The Morgan fingerprint density at radius 1 is 1.08 bits per heavy atom. The molecule has 1 aliphatic rings. The molecule has 3 aromatic carbocycles. The summed E-state index contributed by atoms with van der Waals surface area (Å²) in [5.41, 5.74) is 3.28. The molecule has 0 radical (unpaired) electrons. The molecule has 0 saturated heterocycles. The van der Waals surface area contributed by atoms with E-state index in [-0.39, 0.29) is 11.8 Å². The molecule has 4 aromatic rings. The quantitative estimate of drug-likeness (QED) is 0.141. The van der Waals surface area contributed by atoms with E-state index in [2.05, 4.69) is 31.1 Å². The van der Waals surface area contributed by atoms with Crippen molar-refractivity contribution in [3.8, 4) is 22.9 Å². The summed E-state index contributed by atoms with van der Waals surface area (Å²) in [6.45, 7) is 2.80. The van der Waals surface area contributed by atoms with Crippen molar-refractivity contribution in [3.63, 3.8) is 0 Å². The van der Waals surface area contributed by atoms with Crippen LogP contribution >= 0.6 is 39.3 Å². The van der Waals surface area contributed by atoms with Crippen LogP contribution in [0.1, 0.15) is 31.2 Å². The molecule has 0 aliphatic carbocycles. The minimum absolute atomic E-state index is 0.239. The number of hydrogen-bond donors (Lipinski definition) is 0. The number of rotatable bonds is 5. The summed E-state index contributed by atoms with van der Waals surface area (Å²) in [4.78, 5) is 30.7. The first-order chi connectivity index (χ1) is 18.3. The van der Waals surface area contributed by atoms with Gasteiger partial charge >= 0.3 is 5.97 Å². The van der Waals surface area contributed by atoms with Crippen LogP contribution in [0.25, 0.3) is 11.3 Å². The smallest absolute Gasteiger partial charge is 0.308 e. The zero-order chi connectivity index (χ0) is 26.8. The Morgan fingerprint density at radius 2 is 1.84 bits per heavy atom. The molecular formula is C27H20BrClN4O4S. The second kappa shape index (κ2) is 11.1. The fourth-order valence-corrected chi connectivity index (χ4v) is 5.54. The molecule has 11 heteroatoms. The number of carbonyl (C=O) groups is 2. The lowest BCUT2D eigenvalue weighted by atomic mass is 10.1. The fraction of sp³-hybridized carbons (Fsp3) is 0.148. The van der Waals surface area contributed by atoms with Crippen LogP contribution in [0.2, 0.25) is 5.02 Å². The second-order valence-electron chi connectivity index (χ2n) is 8.29. The molecule has 1 aromatic heterocycles. The van der Waals surface area contributed by atoms with E-state index in [9.17, 15) is 9.59 Å². The Bertz CT molecular complexity index is 1550. The van der Waals surface area contributed by atoms with Crippen LogP contribution in [0.4, 0.5) is 5.69 Å². The number of nitrogens with zero attached hydrogens (tertiary/aromatic N) is 4. The number of para-hydroxylation sites is 1. The lowest BCUT2D eigenvalue weighted by Crippen LogP contribution is -2.36. The van der Waals surface area contributed by atoms with E-state index in [0.29, 0.717) is 48.7 Å². The van der Waals surface area contributed by atoms with E-state index in [1.54, 1.807) is 23.1 Å². The maximum atomic E-state index is 13.0. The summed E-state index contributed by atoms with van der Waals surface area (Å²) < 4.78 is 12.2. The Morgan fingerprint density at radius 3 is 2.58 bits per heavy atom. The maximum Gasteiger partial charge on any atom is 0.308 e. The summed E-state index contributed by atoms with van der Waals surface area (Å²) in [5, 5.41) is 9.83. The van der Waals surface area contributed by atoms with Gasteiger partial charge in [-0.2, -0.15) is 4.98 Å². The second-order valence-corrected chi connectivity index (χ2v) is 10.5. The van der Waals surface area contributed by atoms with Crippen molar-refractivity contribution in [1.29, 1.82) is 0 Å². The number of benzene rings is 3. The summed E-state index contributed by atoms with van der Waals surface area (Å²) in [6.07, 6.45) is -0.879. The molecule has 0 saturated carbocycles. The van der Waals surface area contributed by atoms with Gasteiger partial charge in [-0.25, -0.2) is 0 Å². The van der Waals surface area contributed by atoms with Gasteiger partial charge in [0.1, 0.15) is 5.75 Å². The lowest BCUT2D eigenvalue weighted by Gasteiger charge is -2.30. The zero-order valence-corrected chi connectivity index (χ0v) is 23.4. The number of fused-ring (bicyclic) bond motifs is 3. The van der Waals surface area contributed by atoms with Crippen molar-refractivity contribution in [1.82, 2.24) is 15.2 Å². The van der Waals surface area contributed by atoms with E-state index < -0.39 is 12.2 Å². The molecule has 1 aliphatic heterocycles. The predicted molar refractivity (Wildman–Crippen MR) is 148 cm³/mol. The van der Waals surface area contributed by atoms with Gasteiger partial charge < -0.3 is 9.47 Å². The summed E-state index contributed by atoms with van der Waals surface area (Å²) in [6, 6.07) is 20.1. The minimum atomic E-state index is -0.879. The number of amides is 1. The number of ether oxygens (including phenoxy) is 2. The maximum absolute atomic E-state index is 13.0. The third-order valence-electron chi connectivity index (χ3n) is 5.66. The molecule has 0 fully saturated rings. The van der Waals surface area contributed by atoms with Crippen LogP contribution < -0.4 is 14.4 Å². The molecule has 0 bridgehead atoms. The molecule has 8 nitrogen and oxygen atoms in total. The minimum Gasteiger partial charge on any atom is -0.447 e. The number of thioether (sulfide) groups is 1. The normalized spacial score (nSPS) is 14.1. The highest BCUT2D eigenvalue weighted by atomic mass is 79.9. The van der Waals surface area contributed by atoms with Crippen molar-refractivity contribution >= 4 is 56.9 Å². The standard InChI is InChI=1S/C27H20BrClN4O4S/c1-15(34)33-22-10-6-4-8-19(22)24-25(30-27(32-31-24)38-14-18-7-3-5-9-21(18)29)37-26(33)17-11-12-23(20(28)13-17)36-16(2)35/h3-13,26H,14H2,1-2H3.